The van der Waals surface area contributed by atoms with Crippen LogP contribution < -0.4 is 10.2 Å². The Kier molecular flexibility index (Phi) is 3.22. The smallest absolute Gasteiger partial charge is 0.148 e. The zero-order chi connectivity index (χ0) is 14.1. The van der Waals surface area contributed by atoms with Crippen LogP contribution in [0.15, 0.2) is 54.6 Å². The third-order valence-corrected chi connectivity index (χ3v) is 3.99. The number of piperazine rings is 1. The number of rotatable bonds is 2. The maximum atomic E-state index is 5.97. The molecule has 0 saturated carbocycles. The molecule has 4 rings (SSSR count). The van der Waals surface area contributed by atoms with E-state index < -0.39 is 0 Å². The Hall–Kier alpha value is -2.10. The van der Waals surface area contributed by atoms with Crippen LogP contribution in [0.2, 0.25) is 0 Å². The Balaban J connectivity index is 1.69. The zero-order valence-electron chi connectivity index (χ0n) is 11.9. The largest absolute Gasteiger partial charge is 0.406 e. The van der Waals surface area contributed by atoms with Crippen molar-refractivity contribution in [2.45, 2.75) is 0 Å². The van der Waals surface area contributed by atoms with Crippen molar-refractivity contribution in [3.05, 3.63) is 54.6 Å². The molecule has 1 saturated heterocycles. The predicted octanol–water partition coefficient (Wildman–Crippen LogP) is 3.19. The lowest BCUT2D eigenvalue weighted by Crippen LogP contribution is -2.45. The van der Waals surface area contributed by atoms with Gasteiger partial charge in [0.05, 0.1) is 0 Å². The molecule has 3 aromatic rings. The second-order valence-corrected chi connectivity index (χ2v) is 5.48. The Bertz CT molecular complexity index is 778. The number of hydroxylamine groups is 2. The number of benzene rings is 3. The highest BCUT2D eigenvalue weighted by molar-refractivity contribution is 5.98. The maximum absolute atomic E-state index is 5.97. The van der Waals surface area contributed by atoms with Crippen molar-refractivity contribution < 1.29 is 4.84 Å². The van der Waals surface area contributed by atoms with E-state index in [9.17, 15) is 0 Å². The molecule has 0 atom stereocenters. The van der Waals surface area contributed by atoms with Gasteiger partial charge in [0.2, 0.25) is 0 Å². The third kappa shape index (κ3) is 2.58. The molecule has 1 aliphatic heterocycles. The topological polar surface area (TPSA) is 24.5 Å². The van der Waals surface area contributed by atoms with Crippen LogP contribution >= 0.6 is 0 Å². The fourth-order valence-corrected chi connectivity index (χ4v) is 2.86. The molecule has 0 radical (unpaired) electrons. The first-order valence-electron chi connectivity index (χ1n) is 7.45. The van der Waals surface area contributed by atoms with Gasteiger partial charge in [-0.2, -0.15) is 0 Å². The van der Waals surface area contributed by atoms with Gasteiger partial charge in [0.15, 0.2) is 0 Å². The predicted molar refractivity (Wildman–Crippen MR) is 86.5 cm³/mol. The van der Waals surface area contributed by atoms with Gasteiger partial charge in [0, 0.05) is 26.2 Å². The molecule has 0 unspecified atom stereocenters. The molecule has 1 heterocycles. The van der Waals surface area contributed by atoms with Gasteiger partial charge in [-0.3, -0.25) is 0 Å². The van der Waals surface area contributed by atoms with Crippen molar-refractivity contribution in [3.8, 4) is 5.75 Å². The summed E-state index contributed by atoms with van der Waals surface area (Å²) in [6.07, 6.45) is 0. The third-order valence-electron chi connectivity index (χ3n) is 3.99. The molecule has 1 N–H and O–H groups in total. The molecule has 0 bridgehead atoms. The molecular weight excluding hydrogens is 260 g/mol. The van der Waals surface area contributed by atoms with Gasteiger partial charge < -0.3 is 10.2 Å². The van der Waals surface area contributed by atoms with E-state index in [2.05, 4.69) is 59.9 Å². The Morgan fingerprint density at radius 2 is 1.43 bits per heavy atom. The van der Waals surface area contributed by atoms with Crippen LogP contribution in [0.1, 0.15) is 0 Å². The number of hydrogen-bond acceptors (Lipinski definition) is 3. The summed E-state index contributed by atoms with van der Waals surface area (Å²) in [6.45, 7) is 3.82. The molecule has 3 aromatic carbocycles. The average molecular weight is 278 g/mol. The zero-order valence-corrected chi connectivity index (χ0v) is 11.9. The van der Waals surface area contributed by atoms with E-state index in [-0.39, 0.29) is 0 Å². The van der Waals surface area contributed by atoms with Gasteiger partial charge in [0.25, 0.3) is 0 Å². The van der Waals surface area contributed by atoms with Crippen LogP contribution in [0.5, 0.6) is 5.75 Å². The number of nitrogens with zero attached hydrogens (tertiary/aromatic N) is 1. The molecule has 0 spiro atoms. The van der Waals surface area contributed by atoms with E-state index >= 15 is 0 Å². The van der Waals surface area contributed by atoms with E-state index in [0.717, 1.165) is 31.9 Å². The van der Waals surface area contributed by atoms with Gasteiger partial charge in [-0.05, 0) is 45.8 Å². The lowest BCUT2D eigenvalue weighted by Gasteiger charge is -2.26. The van der Waals surface area contributed by atoms with E-state index in [1.807, 2.05) is 5.06 Å². The summed E-state index contributed by atoms with van der Waals surface area (Å²) in [6, 6.07) is 19.3. The molecule has 3 heteroatoms. The highest BCUT2D eigenvalue weighted by Crippen LogP contribution is 2.26. The monoisotopic (exact) mass is 278 g/mol. The average Bonchev–Trinajstić information content (AvgIpc) is 2.54. The van der Waals surface area contributed by atoms with E-state index in [1.54, 1.807) is 0 Å². The summed E-state index contributed by atoms with van der Waals surface area (Å²) in [7, 11) is 0. The number of fused-ring (bicyclic) bond motifs is 2. The van der Waals surface area contributed by atoms with Crippen LogP contribution in [0, 0.1) is 0 Å². The van der Waals surface area contributed by atoms with Gasteiger partial charge in [-0.25, -0.2) is 0 Å². The summed E-state index contributed by atoms with van der Waals surface area (Å²) < 4.78 is 0. The van der Waals surface area contributed by atoms with Crippen LogP contribution in [0.3, 0.4) is 0 Å². The summed E-state index contributed by atoms with van der Waals surface area (Å²) in [5.74, 6) is 0.916. The standard InChI is InChI=1S/C18H18N2O/c1-2-4-15-12-17-13-18(21-20-9-7-19-8-10-20)6-5-16(17)11-14(15)3-1/h1-6,11-13,19H,7-10H2. The SMILES string of the molecule is c1ccc2cc3cc(ON4CCNCC4)ccc3cc2c1. The summed E-state index contributed by atoms with van der Waals surface area (Å²) in [5.41, 5.74) is 0. The van der Waals surface area contributed by atoms with Gasteiger partial charge in [0.1, 0.15) is 5.75 Å². The van der Waals surface area contributed by atoms with E-state index in [0.29, 0.717) is 0 Å². The van der Waals surface area contributed by atoms with Crippen molar-refractivity contribution in [1.82, 2.24) is 10.4 Å². The Labute approximate surface area is 124 Å². The normalized spacial score (nSPS) is 16.4. The van der Waals surface area contributed by atoms with Crippen molar-refractivity contribution in [1.29, 1.82) is 0 Å². The van der Waals surface area contributed by atoms with E-state index in [1.165, 1.54) is 21.5 Å². The van der Waals surface area contributed by atoms with Crippen molar-refractivity contribution in [2.24, 2.45) is 0 Å². The van der Waals surface area contributed by atoms with Crippen LogP contribution in [-0.4, -0.2) is 31.2 Å². The lowest BCUT2D eigenvalue weighted by molar-refractivity contribution is -0.0663. The first-order valence-corrected chi connectivity index (χ1v) is 7.45. The minimum absolute atomic E-state index is 0.916. The second-order valence-electron chi connectivity index (χ2n) is 5.48. The second kappa shape index (κ2) is 5.35. The highest BCUT2D eigenvalue weighted by Gasteiger charge is 2.11. The molecule has 21 heavy (non-hydrogen) atoms. The van der Waals surface area contributed by atoms with Crippen molar-refractivity contribution in [2.75, 3.05) is 26.2 Å². The Morgan fingerprint density at radius 1 is 0.762 bits per heavy atom. The molecule has 106 valence electrons. The molecule has 1 aliphatic rings. The molecular formula is C18H18N2O. The summed E-state index contributed by atoms with van der Waals surface area (Å²) in [5, 5.41) is 10.4. The fraction of sp³-hybridized carbons (Fsp3) is 0.222. The van der Waals surface area contributed by atoms with Gasteiger partial charge in [-0.1, -0.05) is 30.3 Å². The maximum Gasteiger partial charge on any atom is 0.148 e. The van der Waals surface area contributed by atoms with Gasteiger partial charge in [-0.15, -0.1) is 5.06 Å². The number of hydrogen-bond donors (Lipinski definition) is 1. The van der Waals surface area contributed by atoms with Crippen molar-refractivity contribution >= 4 is 21.5 Å². The summed E-state index contributed by atoms with van der Waals surface area (Å²) in [4.78, 5) is 5.97. The van der Waals surface area contributed by atoms with E-state index in [4.69, 9.17) is 4.84 Å². The number of nitrogens with one attached hydrogen (secondary N) is 1. The van der Waals surface area contributed by atoms with Crippen LogP contribution in [0.25, 0.3) is 21.5 Å². The molecule has 3 nitrogen and oxygen atoms in total. The Morgan fingerprint density at radius 3 is 2.19 bits per heavy atom. The lowest BCUT2D eigenvalue weighted by atomic mass is 10.0. The van der Waals surface area contributed by atoms with Crippen molar-refractivity contribution in [3.63, 3.8) is 0 Å². The molecule has 1 fully saturated rings. The summed E-state index contributed by atoms with van der Waals surface area (Å²) >= 11 is 0. The van der Waals surface area contributed by atoms with Crippen LogP contribution in [-0.2, 0) is 0 Å². The first kappa shape index (κ1) is 12.6. The fourth-order valence-electron chi connectivity index (χ4n) is 2.86. The highest BCUT2D eigenvalue weighted by atomic mass is 16.7. The minimum Gasteiger partial charge on any atom is -0.406 e. The molecule has 0 aromatic heterocycles. The quantitative estimate of drug-likeness (QED) is 0.729. The first-order chi connectivity index (χ1) is 10.4. The minimum atomic E-state index is 0.916. The molecule has 0 amide bonds. The van der Waals surface area contributed by atoms with Crippen LogP contribution in [0.4, 0.5) is 0 Å². The van der Waals surface area contributed by atoms with Gasteiger partial charge >= 0.3 is 0 Å². The molecule has 0 aliphatic carbocycles.